The highest BCUT2D eigenvalue weighted by Crippen LogP contribution is 2.20. The van der Waals surface area contributed by atoms with Crippen LogP contribution in [0.4, 0.5) is 5.69 Å². The summed E-state index contributed by atoms with van der Waals surface area (Å²) in [5.41, 5.74) is 7.40. The van der Waals surface area contributed by atoms with Crippen molar-refractivity contribution in [1.29, 1.82) is 5.26 Å². The summed E-state index contributed by atoms with van der Waals surface area (Å²) in [6.45, 7) is 3.98. The minimum absolute atomic E-state index is 0.239. The van der Waals surface area contributed by atoms with Crippen LogP contribution in [-0.4, -0.2) is 4.98 Å². The molecule has 0 aliphatic carbocycles. The third kappa shape index (κ3) is 1.37. The molecule has 3 heteroatoms. The highest BCUT2D eigenvalue weighted by Gasteiger charge is 2.09. The summed E-state index contributed by atoms with van der Waals surface area (Å²) in [7, 11) is 0. The number of pyridine rings is 1. The van der Waals surface area contributed by atoms with E-state index in [1.54, 1.807) is 12.3 Å². The molecule has 1 aromatic heterocycles. The van der Waals surface area contributed by atoms with Crippen molar-refractivity contribution in [3.8, 4) is 6.07 Å². The number of aromatic nitrogens is 1. The van der Waals surface area contributed by atoms with Crippen LogP contribution < -0.4 is 5.73 Å². The van der Waals surface area contributed by atoms with Gasteiger partial charge < -0.3 is 5.73 Å². The molecule has 0 aliphatic heterocycles. The van der Waals surface area contributed by atoms with E-state index in [9.17, 15) is 0 Å². The van der Waals surface area contributed by atoms with Gasteiger partial charge in [0.05, 0.1) is 16.9 Å². The molecule has 12 heavy (non-hydrogen) atoms. The van der Waals surface area contributed by atoms with Gasteiger partial charge in [0.1, 0.15) is 6.07 Å². The fraction of sp³-hybridized carbons (Fsp3) is 0.333. The van der Waals surface area contributed by atoms with E-state index in [2.05, 4.69) is 11.1 Å². The molecule has 1 aromatic rings. The Bertz CT molecular complexity index is 323. The molecular formula is C9H11N3. The molecule has 0 aliphatic rings. The van der Waals surface area contributed by atoms with Crippen LogP contribution in [0.3, 0.4) is 0 Å². The van der Waals surface area contributed by atoms with Crippen LogP contribution in [0.25, 0.3) is 0 Å². The molecule has 2 N–H and O–H groups in total. The van der Waals surface area contributed by atoms with Gasteiger partial charge in [-0.15, -0.1) is 0 Å². The maximum atomic E-state index is 8.78. The van der Waals surface area contributed by atoms with Crippen molar-refractivity contribution < 1.29 is 0 Å². The zero-order valence-electron chi connectivity index (χ0n) is 7.20. The van der Waals surface area contributed by atoms with Gasteiger partial charge in [-0.1, -0.05) is 13.8 Å². The molecule has 1 rings (SSSR count). The predicted molar refractivity (Wildman–Crippen MR) is 47.5 cm³/mol. The van der Waals surface area contributed by atoms with Crippen LogP contribution in [-0.2, 0) is 0 Å². The Hall–Kier alpha value is -1.56. The minimum Gasteiger partial charge on any atom is -0.398 e. The van der Waals surface area contributed by atoms with Gasteiger partial charge in [0.15, 0.2) is 0 Å². The van der Waals surface area contributed by atoms with E-state index in [1.807, 2.05) is 13.8 Å². The predicted octanol–water partition coefficient (Wildman–Crippen LogP) is 1.66. The van der Waals surface area contributed by atoms with Gasteiger partial charge in [-0.25, -0.2) is 0 Å². The topological polar surface area (TPSA) is 62.7 Å². The summed E-state index contributed by atoms with van der Waals surface area (Å²) < 4.78 is 0. The third-order valence-corrected chi connectivity index (χ3v) is 1.67. The van der Waals surface area contributed by atoms with Crippen molar-refractivity contribution in [2.75, 3.05) is 5.73 Å². The molecule has 0 saturated heterocycles. The summed E-state index contributed by atoms with van der Waals surface area (Å²) in [6, 6.07) is 3.70. The Morgan fingerprint density at radius 3 is 2.67 bits per heavy atom. The average molecular weight is 161 g/mol. The van der Waals surface area contributed by atoms with Crippen LogP contribution in [0.15, 0.2) is 12.3 Å². The van der Waals surface area contributed by atoms with Crippen LogP contribution in [0, 0.1) is 11.3 Å². The van der Waals surface area contributed by atoms with Crippen LogP contribution in [0.5, 0.6) is 0 Å². The summed E-state index contributed by atoms with van der Waals surface area (Å²) in [5, 5.41) is 8.78. The fourth-order valence-corrected chi connectivity index (χ4v) is 1.05. The third-order valence-electron chi connectivity index (χ3n) is 1.67. The van der Waals surface area contributed by atoms with E-state index in [0.29, 0.717) is 11.3 Å². The normalized spacial score (nSPS) is 9.83. The number of nitrogen functional groups attached to an aromatic ring is 1. The molecule has 0 unspecified atom stereocenters. The lowest BCUT2D eigenvalue weighted by atomic mass is 10.0. The number of nitrogens with two attached hydrogens (primary N) is 1. The lowest BCUT2D eigenvalue weighted by Gasteiger charge is -2.07. The largest absolute Gasteiger partial charge is 0.398 e. The second kappa shape index (κ2) is 3.22. The standard InChI is InChI=1S/C9H11N3/c1-6(2)9-7(5-10)8(11)3-4-12-9/h3-4,6H,1-2H3,(H2,11,12). The van der Waals surface area contributed by atoms with Gasteiger partial charge in [0.2, 0.25) is 0 Å². The van der Waals surface area contributed by atoms with Crippen LogP contribution >= 0.6 is 0 Å². The van der Waals surface area contributed by atoms with Crippen molar-refractivity contribution in [2.24, 2.45) is 0 Å². The molecule has 0 bridgehead atoms. The fourth-order valence-electron chi connectivity index (χ4n) is 1.05. The van der Waals surface area contributed by atoms with Crippen LogP contribution in [0.1, 0.15) is 31.0 Å². The van der Waals surface area contributed by atoms with E-state index in [-0.39, 0.29) is 5.92 Å². The van der Waals surface area contributed by atoms with E-state index < -0.39 is 0 Å². The highest BCUT2D eigenvalue weighted by molar-refractivity contribution is 5.55. The van der Waals surface area contributed by atoms with Crippen molar-refractivity contribution in [3.63, 3.8) is 0 Å². The van der Waals surface area contributed by atoms with Gasteiger partial charge in [-0.2, -0.15) is 5.26 Å². The Labute approximate surface area is 71.8 Å². The van der Waals surface area contributed by atoms with Gasteiger partial charge >= 0.3 is 0 Å². The quantitative estimate of drug-likeness (QED) is 0.681. The summed E-state index contributed by atoms with van der Waals surface area (Å²) in [4.78, 5) is 4.11. The Kier molecular flexibility index (Phi) is 2.29. The number of hydrogen-bond acceptors (Lipinski definition) is 3. The zero-order chi connectivity index (χ0) is 9.14. The summed E-state index contributed by atoms with van der Waals surface area (Å²) in [5.74, 6) is 0.239. The van der Waals surface area contributed by atoms with Gasteiger partial charge in [0.25, 0.3) is 0 Å². The molecule has 0 aromatic carbocycles. The van der Waals surface area contributed by atoms with E-state index in [1.165, 1.54) is 0 Å². The number of nitrogens with zero attached hydrogens (tertiary/aromatic N) is 2. The summed E-state index contributed by atoms with van der Waals surface area (Å²) >= 11 is 0. The monoisotopic (exact) mass is 161 g/mol. The lowest BCUT2D eigenvalue weighted by Crippen LogP contribution is -2.00. The maximum absolute atomic E-state index is 8.78. The Morgan fingerprint density at radius 1 is 1.58 bits per heavy atom. The maximum Gasteiger partial charge on any atom is 0.103 e. The number of rotatable bonds is 1. The first kappa shape index (κ1) is 8.54. The molecule has 0 radical (unpaired) electrons. The lowest BCUT2D eigenvalue weighted by molar-refractivity contribution is 0.819. The van der Waals surface area contributed by atoms with Gasteiger partial charge in [0, 0.05) is 6.20 Å². The molecule has 0 spiro atoms. The van der Waals surface area contributed by atoms with E-state index in [4.69, 9.17) is 11.0 Å². The highest BCUT2D eigenvalue weighted by atomic mass is 14.7. The van der Waals surface area contributed by atoms with E-state index in [0.717, 1.165) is 5.69 Å². The average Bonchev–Trinajstić information content (AvgIpc) is 2.03. The molecule has 0 saturated carbocycles. The molecule has 1 heterocycles. The number of nitriles is 1. The second-order valence-corrected chi connectivity index (χ2v) is 2.93. The molecule has 3 nitrogen and oxygen atoms in total. The van der Waals surface area contributed by atoms with Gasteiger partial charge in [-0.3, -0.25) is 4.98 Å². The van der Waals surface area contributed by atoms with Gasteiger partial charge in [-0.05, 0) is 12.0 Å². The second-order valence-electron chi connectivity index (χ2n) is 2.93. The zero-order valence-corrected chi connectivity index (χ0v) is 7.20. The molecule has 0 amide bonds. The first-order chi connectivity index (χ1) is 5.66. The van der Waals surface area contributed by atoms with Crippen molar-refractivity contribution in [1.82, 2.24) is 4.98 Å². The molecular weight excluding hydrogens is 150 g/mol. The Balaban J connectivity index is 3.30. The Morgan fingerprint density at radius 2 is 2.25 bits per heavy atom. The smallest absolute Gasteiger partial charge is 0.103 e. The SMILES string of the molecule is CC(C)c1nccc(N)c1C#N. The molecule has 0 fully saturated rings. The van der Waals surface area contributed by atoms with Crippen molar-refractivity contribution in [2.45, 2.75) is 19.8 Å². The summed E-state index contributed by atoms with van der Waals surface area (Å²) in [6.07, 6.45) is 1.63. The van der Waals surface area contributed by atoms with Crippen molar-refractivity contribution in [3.05, 3.63) is 23.5 Å². The minimum atomic E-state index is 0.239. The first-order valence-corrected chi connectivity index (χ1v) is 3.81. The van der Waals surface area contributed by atoms with E-state index >= 15 is 0 Å². The molecule has 0 atom stereocenters. The van der Waals surface area contributed by atoms with Crippen LogP contribution in [0.2, 0.25) is 0 Å². The molecule has 62 valence electrons. The number of hydrogen-bond donors (Lipinski definition) is 1. The first-order valence-electron chi connectivity index (χ1n) is 3.81. The van der Waals surface area contributed by atoms with Crippen molar-refractivity contribution >= 4 is 5.69 Å². The number of anilines is 1.